The number of furan rings is 1. The summed E-state index contributed by atoms with van der Waals surface area (Å²) in [6, 6.07) is 78.6. The molecule has 0 radical (unpaired) electrons. The van der Waals surface area contributed by atoms with Crippen LogP contribution in [0.4, 0.5) is 17.1 Å². The fourth-order valence-corrected chi connectivity index (χ4v) is 9.23. The van der Waals surface area contributed by atoms with E-state index in [1.54, 1.807) is 0 Å². The molecule has 1 aliphatic rings. The van der Waals surface area contributed by atoms with E-state index in [9.17, 15) is 0 Å². The Labute approximate surface area is 338 Å². The molecule has 0 unspecified atom stereocenters. The summed E-state index contributed by atoms with van der Waals surface area (Å²) >= 11 is 0. The quantitative estimate of drug-likeness (QED) is 0.162. The monoisotopic (exact) mass is 741 g/mol. The predicted octanol–water partition coefficient (Wildman–Crippen LogP) is 15.4. The van der Waals surface area contributed by atoms with Gasteiger partial charge in [-0.3, -0.25) is 0 Å². The molecule has 0 saturated heterocycles. The summed E-state index contributed by atoms with van der Waals surface area (Å²) in [7, 11) is 0. The van der Waals surface area contributed by atoms with E-state index in [2.05, 4.69) is 230 Å². The third-order valence-corrected chi connectivity index (χ3v) is 12.2. The SMILES string of the molecule is CC1(c2cccc3c2oc2cc(N(c4ccc(-c5ccccc5)cc4)c4ccc(-c5ccc(-c6ccccc6)cc5)cc4)ccc23)c2ccccc2-c2ccccc21. The molecule has 9 aromatic carbocycles. The molecule has 0 saturated carbocycles. The minimum absolute atomic E-state index is 0.362. The molecule has 2 heteroatoms. The second-order valence-corrected chi connectivity index (χ2v) is 15.4. The maximum atomic E-state index is 7.02. The first kappa shape index (κ1) is 33.9. The van der Waals surface area contributed by atoms with E-state index in [-0.39, 0.29) is 5.41 Å². The smallest absolute Gasteiger partial charge is 0.139 e. The van der Waals surface area contributed by atoms with Gasteiger partial charge in [-0.1, -0.05) is 176 Å². The maximum Gasteiger partial charge on any atom is 0.139 e. The number of benzene rings is 9. The van der Waals surface area contributed by atoms with Crippen LogP contribution in [0.15, 0.2) is 223 Å². The van der Waals surface area contributed by atoms with Gasteiger partial charge >= 0.3 is 0 Å². The summed E-state index contributed by atoms with van der Waals surface area (Å²) < 4.78 is 7.02. The standard InChI is InChI=1S/C56H39NO/c1-56(51-20-10-8-17-47(51)48-18-9-11-21-52(48)56)53-22-12-19-50-49-36-35-46(37-54(49)58-55(50)53)57(44-31-27-42(28-32-44)39-15-6-3-7-16-39)45-33-29-43(30-34-45)41-25-23-40(24-26-41)38-13-4-2-5-14-38/h2-37H,1H3. The molecular formula is C56H39NO. The highest BCUT2D eigenvalue weighted by Crippen LogP contribution is 2.54. The van der Waals surface area contributed by atoms with Crippen LogP contribution in [0.2, 0.25) is 0 Å². The normalized spacial score (nSPS) is 12.7. The Morgan fingerprint density at radius 1 is 0.345 bits per heavy atom. The predicted molar refractivity (Wildman–Crippen MR) is 242 cm³/mol. The molecule has 0 aliphatic heterocycles. The number of hydrogen-bond acceptors (Lipinski definition) is 2. The molecule has 0 amide bonds. The van der Waals surface area contributed by atoms with E-state index in [4.69, 9.17) is 4.42 Å². The van der Waals surface area contributed by atoms with Crippen molar-refractivity contribution in [2.45, 2.75) is 12.3 Å². The molecule has 0 bridgehead atoms. The lowest BCUT2D eigenvalue weighted by atomic mass is 9.74. The highest BCUT2D eigenvalue weighted by Gasteiger charge is 2.42. The average Bonchev–Trinajstić information content (AvgIpc) is 3.80. The van der Waals surface area contributed by atoms with E-state index in [0.717, 1.165) is 39.0 Å². The Morgan fingerprint density at radius 3 is 1.28 bits per heavy atom. The van der Waals surface area contributed by atoms with E-state index in [1.165, 1.54) is 61.2 Å². The van der Waals surface area contributed by atoms with Crippen LogP contribution < -0.4 is 4.90 Å². The topological polar surface area (TPSA) is 16.4 Å². The molecule has 10 aromatic rings. The Hall–Kier alpha value is -7.42. The number of para-hydroxylation sites is 1. The second-order valence-electron chi connectivity index (χ2n) is 15.4. The molecule has 2 nitrogen and oxygen atoms in total. The third-order valence-electron chi connectivity index (χ3n) is 12.2. The van der Waals surface area contributed by atoms with Crippen molar-refractivity contribution in [2.75, 3.05) is 4.90 Å². The number of rotatable bonds is 7. The van der Waals surface area contributed by atoms with Crippen LogP contribution in [0.1, 0.15) is 23.6 Å². The molecule has 1 heterocycles. The Balaban J connectivity index is 1.01. The van der Waals surface area contributed by atoms with Gasteiger partial charge in [-0.15, -0.1) is 0 Å². The lowest BCUT2D eigenvalue weighted by molar-refractivity contribution is 0.638. The molecule has 0 N–H and O–H groups in total. The third kappa shape index (κ3) is 5.49. The molecule has 274 valence electrons. The number of fused-ring (bicyclic) bond motifs is 6. The minimum Gasteiger partial charge on any atom is -0.456 e. The van der Waals surface area contributed by atoms with Crippen LogP contribution in [-0.4, -0.2) is 0 Å². The number of nitrogens with zero attached hydrogens (tertiary/aromatic N) is 1. The van der Waals surface area contributed by atoms with Crippen molar-refractivity contribution >= 4 is 39.0 Å². The molecule has 0 spiro atoms. The molecule has 1 aromatic heterocycles. The van der Waals surface area contributed by atoms with Crippen LogP contribution in [-0.2, 0) is 5.41 Å². The lowest BCUT2D eigenvalue weighted by Crippen LogP contribution is -2.22. The van der Waals surface area contributed by atoms with Gasteiger partial charge in [-0.25, -0.2) is 0 Å². The van der Waals surface area contributed by atoms with Gasteiger partial charge < -0.3 is 9.32 Å². The van der Waals surface area contributed by atoms with Crippen molar-refractivity contribution in [3.05, 3.63) is 235 Å². The summed E-state index contributed by atoms with van der Waals surface area (Å²) in [5.74, 6) is 0. The summed E-state index contributed by atoms with van der Waals surface area (Å²) in [5, 5.41) is 2.24. The van der Waals surface area contributed by atoms with Gasteiger partial charge in [-0.2, -0.15) is 0 Å². The number of anilines is 3. The fraction of sp³-hybridized carbons (Fsp3) is 0.0357. The second kappa shape index (κ2) is 13.7. The first-order chi connectivity index (χ1) is 28.6. The first-order valence-electron chi connectivity index (χ1n) is 20.0. The highest BCUT2D eigenvalue weighted by molar-refractivity contribution is 6.08. The van der Waals surface area contributed by atoms with E-state index < -0.39 is 0 Å². The van der Waals surface area contributed by atoms with Crippen molar-refractivity contribution < 1.29 is 4.42 Å². The molecule has 0 fully saturated rings. The summed E-state index contributed by atoms with van der Waals surface area (Å²) in [6.45, 7) is 2.35. The van der Waals surface area contributed by atoms with Crippen LogP contribution in [0.5, 0.6) is 0 Å². The Morgan fingerprint density at radius 2 is 0.759 bits per heavy atom. The molecule has 11 rings (SSSR count). The van der Waals surface area contributed by atoms with E-state index in [1.807, 2.05) is 0 Å². The minimum atomic E-state index is -0.362. The summed E-state index contributed by atoms with van der Waals surface area (Å²) in [4.78, 5) is 2.33. The fourth-order valence-electron chi connectivity index (χ4n) is 9.23. The van der Waals surface area contributed by atoms with Gasteiger partial charge in [-0.05, 0) is 99.0 Å². The lowest BCUT2D eigenvalue weighted by Gasteiger charge is -2.28. The van der Waals surface area contributed by atoms with Gasteiger partial charge in [0.15, 0.2) is 0 Å². The zero-order chi connectivity index (χ0) is 38.6. The molecular weight excluding hydrogens is 703 g/mol. The van der Waals surface area contributed by atoms with Gasteiger partial charge in [0, 0.05) is 44.9 Å². The molecule has 1 aliphatic carbocycles. The largest absolute Gasteiger partial charge is 0.456 e. The average molecular weight is 742 g/mol. The van der Waals surface area contributed by atoms with Gasteiger partial charge in [0.2, 0.25) is 0 Å². The van der Waals surface area contributed by atoms with Crippen molar-refractivity contribution in [3.63, 3.8) is 0 Å². The zero-order valence-electron chi connectivity index (χ0n) is 32.1. The van der Waals surface area contributed by atoms with Crippen molar-refractivity contribution in [1.82, 2.24) is 0 Å². The molecule has 58 heavy (non-hydrogen) atoms. The van der Waals surface area contributed by atoms with Gasteiger partial charge in [0.05, 0.1) is 0 Å². The maximum absolute atomic E-state index is 7.02. The molecule has 0 atom stereocenters. The first-order valence-corrected chi connectivity index (χ1v) is 20.0. The summed E-state index contributed by atoms with van der Waals surface area (Å²) in [5.41, 5.74) is 18.2. The Kier molecular flexibility index (Phi) is 7.97. The van der Waals surface area contributed by atoms with Crippen LogP contribution in [0.3, 0.4) is 0 Å². The van der Waals surface area contributed by atoms with Crippen LogP contribution in [0.25, 0.3) is 66.4 Å². The van der Waals surface area contributed by atoms with Gasteiger partial charge in [0.1, 0.15) is 11.2 Å². The van der Waals surface area contributed by atoms with E-state index in [0.29, 0.717) is 0 Å². The van der Waals surface area contributed by atoms with Crippen molar-refractivity contribution in [1.29, 1.82) is 0 Å². The summed E-state index contributed by atoms with van der Waals surface area (Å²) in [6.07, 6.45) is 0. The number of hydrogen-bond donors (Lipinski definition) is 0. The zero-order valence-corrected chi connectivity index (χ0v) is 32.1. The van der Waals surface area contributed by atoms with Crippen LogP contribution >= 0.6 is 0 Å². The van der Waals surface area contributed by atoms with Crippen molar-refractivity contribution in [3.8, 4) is 44.5 Å². The van der Waals surface area contributed by atoms with E-state index >= 15 is 0 Å². The van der Waals surface area contributed by atoms with Gasteiger partial charge in [0.25, 0.3) is 0 Å². The highest BCUT2D eigenvalue weighted by atomic mass is 16.3. The van der Waals surface area contributed by atoms with Crippen molar-refractivity contribution in [2.24, 2.45) is 0 Å². The Bertz CT molecular complexity index is 3040. The van der Waals surface area contributed by atoms with Crippen LogP contribution in [0, 0.1) is 0 Å².